The maximum Gasteiger partial charge on any atom is 0.335 e. The summed E-state index contributed by atoms with van der Waals surface area (Å²) in [6, 6.07) is 29.3. The summed E-state index contributed by atoms with van der Waals surface area (Å²) >= 11 is 5.56. The Kier molecular flexibility index (Phi) is 9.60. The molecule has 0 atom stereocenters. The number of ether oxygens (including phenoxy) is 3. The maximum absolute atomic E-state index is 13.6. The van der Waals surface area contributed by atoms with Crippen LogP contribution in [0.5, 0.6) is 17.2 Å². The average Bonchev–Trinajstić information content (AvgIpc) is 3.07. The lowest BCUT2D eigenvalue weighted by molar-refractivity contribution is -0.122. The van der Waals surface area contributed by atoms with E-state index in [0.29, 0.717) is 41.7 Å². The van der Waals surface area contributed by atoms with Crippen molar-refractivity contribution < 1.29 is 28.6 Å². The van der Waals surface area contributed by atoms with Crippen LogP contribution in [0.2, 0.25) is 0 Å². The lowest BCUT2D eigenvalue weighted by Crippen LogP contribution is -2.54. The first-order chi connectivity index (χ1) is 22.7. The number of rotatable bonds is 9. The Labute approximate surface area is 293 Å². The number of barbiturate groups is 1. The Morgan fingerprint density at radius 3 is 2.36 bits per heavy atom. The Balaban J connectivity index is 1.21. The second-order valence-corrected chi connectivity index (χ2v) is 12.8. The van der Waals surface area contributed by atoms with E-state index in [4.69, 9.17) is 14.2 Å². The molecule has 10 heteroatoms. The van der Waals surface area contributed by atoms with Crippen LogP contribution >= 0.6 is 38.5 Å². The number of anilines is 1. The van der Waals surface area contributed by atoms with Gasteiger partial charge in [-0.1, -0.05) is 64.5 Å². The van der Waals surface area contributed by atoms with E-state index in [2.05, 4.69) is 75.0 Å². The highest BCUT2D eigenvalue weighted by Crippen LogP contribution is 2.36. The first-order valence-electron chi connectivity index (χ1n) is 14.6. The zero-order valence-electron chi connectivity index (χ0n) is 25.4. The molecule has 1 aliphatic rings. The highest BCUT2D eigenvalue weighted by atomic mass is 127. The number of urea groups is 1. The van der Waals surface area contributed by atoms with Crippen LogP contribution < -0.4 is 24.4 Å². The zero-order chi connectivity index (χ0) is 33.1. The summed E-state index contributed by atoms with van der Waals surface area (Å²) in [5.74, 6) is 0.0145. The predicted molar refractivity (Wildman–Crippen MR) is 193 cm³/mol. The van der Waals surface area contributed by atoms with Gasteiger partial charge in [0.2, 0.25) is 0 Å². The molecule has 0 aliphatic carbocycles. The molecule has 5 aromatic carbocycles. The number of amides is 4. The van der Waals surface area contributed by atoms with E-state index in [1.54, 1.807) is 36.4 Å². The summed E-state index contributed by atoms with van der Waals surface area (Å²) in [6.45, 7) is 2.73. The molecule has 1 N–H and O–H groups in total. The molecular weight excluding hydrogens is 775 g/mol. The van der Waals surface area contributed by atoms with Crippen LogP contribution in [-0.4, -0.2) is 25.0 Å². The minimum Gasteiger partial charge on any atom is -0.493 e. The van der Waals surface area contributed by atoms with E-state index in [1.807, 2.05) is 36.4 Å². The summed E-state index contributed by atoms with van der Waals surface area (Å²) in [5, 5.41) is 4.52. The van der Waals surface area contributed by atoms with Crippen molar-refractivity contribution in [3.8, 4) is 17.2 Å². The fraction of sp³-hybridized carbons (Fsp3) is 0.108. The van der Waals surface area contributed by atoms with Crippen molar-refractivity contribution in [2.45, 2.75) is 20.1 Å². The molecule has 1 aliphatic heterocycles. The molecule has 6 rings (SSSR count). The van der Waals surface area contributed by atoms with Gasteiger partial charge in [0.1, 0.15) is 24.5 Å². The van der Waals surface area contributed by atoms with Crippen molar-refractivity contribution in [3.05, 3.63) is 133 Å². The lowest BCUT2D eigenvalue weighted by Gasteiger charge is -2.26. The van der Waals surface area contributed by atoms with Crippen molar-refractivity contribution in [3.63, 3.8) is 0 Å². The third-order valence-electron chi connectivity index (χ3n) is 7.71. The number of nitrogens with zero attached hydrogens (tertiary/aromatic N) is 1. The summed E-state index contributed by atoms with van der Waals surface area (Å²) in [7, 11) is 1.53. The number of hydrogen-bond acceptors (Lipinski definition) is 6. The van der Waals surface area contributed by atoms with Gasteiger partial charge in [0.15, 0.2) is 11.5 Å². The monoisotopic (exact) mass is 802 g/mol. The molecule has 8 nitrogen and oxygen atoms in total. The van der Waals surface area contributed by atoms with E-state index in [-0.39, 0.29) is 5.57 Å². The van der Waals surface area contributed by atoms with Gasteiger partial charge in [-0.3, -0.25) is 14.9 Å². The molecule has 0 radical (unpaired) electrons. The van der Waals surface area contributed by atoms with Crippen molar-refractivity contribution in [1.29, 1.82) is 0 Å². The minimum absolute atomic E-state index is 0.196. The normalized spacial score (nSPS) is 14.0. The van der Waals surface area contributed by atoms with Crippen molar-refractivity contribution >= 4 is 78.9 Å². The third-order valence-corrected chi connectivity index (χ3v) is 9.04. The quantitative estimate of drug-likeness (QED) is 0.0916. The molecule has 0 aromatic heterocycles. The first kappa shape index (κ1) is 32.3. The summed E-state index contributed by atoms with van der Waals surface area (Å²) in [5.41, 5.74) is 3.80. The first-order valence-corrected chi connectivity index (χ1v) is 16.5. The molecule has 0 bridgehead atoms. The smallest absolute Gasteiger partial charge is 0.335 e. The van der Waals surface area contributed by atoms with E-state index < -0.39 is 17.8 Å². The maximum atomic E-state index is 13.6. The number of methoxy groups -OCH3 is 1. The second kappa shape index (κ2) is 14.0. The number of halogens is 2. The van der Waals surface area contributed by atoms with Gasteiger partial charge in [-0.15, -0.1) is 0 Å². The van der Waals surface area contributed by atoms with Gasteiger partial charge in [0, 0.05) is 10.0 Å². The fourth-order valence-electron chi connectivity index (χ4n) is 5.24. The van der Waals surface area contributed by atoms with Crippen molar-refractivity contribution in [2.75, 3.05) is 12.0 Å². The summed E-state index contributed by atoms with van der Waals surface area (Å²) in [4.78, 5) is 40.2. The number of benzene rings is 5. The molecule has 0 unspecified atom stereocenters. The van der Waals surface area contributed by atoms with E-state index in [9.17, 15) is 14.4 Å². The number of aryl methyl sites for hydroxylation is 1. The standard InChI is InChI=1S/C37H28BrIN2O6/c1-22-7-10-25-5-3-4-6-29(25)31(22)21-47-34-32(39)18-24(19-33(34)45-2)17-30-35(42)40-37(44)41(36(30)43)27-13-15-28(16-14-27)46-20-23-8-11-26(38)12-9-23/h3-19H,20-21H2,1-2H3,(H,40,42,44)/b30-17+. The zero-order valence-corrected chi connectivity index (χ0v) is 29.1. The predicted octanol–water partition coefficient (Wildman–Crippen LogP) is 8.35. The largest absolute Gasteiger partial charge is 0.493 e. The third kappa shape index (κ3) is 7.03. The number of carbonyl (C=O) groups is 3. The number of hydrogen-bond donors (Lipinski definition) is 1. The van der Waals surface area contributed by atoms with Gasteiger partial charge >= 0.3 is 6.03 Å². The van der Waals surface area contributed by atoms with Crippen LogP contribution in [0, 0.1) is 10.5 Å². The Hall–Kier alpha value is -4.68. The van der Waals surface area contributed by atoms with E-state index in [1.165, 1.54) is 13.2 Å². The summed E-state index contributed by atoms with van der Waals surface area (Å²) in [6.07, 6.45) is 1.44. The average molecular weight is 803 g/mol. The minimum atomic E-state index is -0.833. The molecule has 0 spiro atoms. The van der Waals surface area contributed by atoms with Gasteiger partial charge in [0.05, 0.1) is 16.4 Å². The topological polar surface area (TPSA) is 94.2 Å². The van der Waals surface area contributed by atoms with Gasteiger partial charge < -0.3 is 14.2 Å². The van der Waals surface area contributed by atoms with Crippen LogP contribution in [0.25, 0.3) is 16.8 Å². The molecule has 5 aromatic rings. The molecule has 236 valence electrons. The number of fused-ring (bicyclic) bond motifs is 1. The molecular formula is C37H28BrIN2O6. The van der Waals surface area contributed by atoms with E-state index >= 15 is 0 Å². The highest BCUT2D eigenvalue weighted by Gasteiger charge is 2.37. The number of imide groups is 2. The second-order valence-electron chi connectivity index (χ2n) is 10.8. The molecule has 0 saturated carbocycles. The van der Waals surface area contributed by atoms with Gasteiger partial charge in [-0.25, -0.2) is 9.69 Å². The number of carbonyl (C=O) groups excluding carboxylic acids is 3. The molecule has 1 heterocycles. The van der Waals surface area contributed by atoms with Gasteiger partial charge in [-0.2, -0.15) is 0 Å². The SMILES string of the molecule is COc1cc(/C=C2\C(=O)NC(=O)N(c3ccc(OCc4ccc(Br)cc4)cc3)C2=O)cc(I)c1OCc1c(C)ccc2ccccc12. The van der Waals surface area contributed by atoms with Crippen LogP contribution in [0.15, 0.2) is 107 Å². The van der Waals surface area contributed by atoms with Crippen LogP contribution in [0.3, 0.4) is 0 Å². The molecule has 47 heavy (non-hydrogen) atoms. The molecule has 4 amide bonds. The van der Waals surface area contributed by atoms with Crippen molar-refractivity contribution in [1.82, 2.24) is 5.32 Å². The summed E-state index contributed by atoms with van der Waals surface area (Å²) < 4.78 is 19.5. The Morgan fingerprint density at radius 2 is 1.62 bits per heavy atom. The van der Waals surface area contributed by atoms with E-state index in [0.717, 1.165) is 40.4 Å². The highest BCUT2D eigenvalue weighted by molar-refractivity contribution is 14.1. The molecule has 1 fully saturated rings. The van der Waals surface area contributed by atoms with Gasteiger partial charge in [0.25, 0.3) is 11.8 Å². The van der Waals surface area contributed by atoms with Crippen LogP contribution in [0.4, 0.5) is 10.5 Å². The van der Waals surface area contributed by atoms with Gasteiger partial charge in [-0.05, 0) is 112 Å². The molecule has 1 saturated heterocycles. The Morgan fingerprint density at radius 1 is 0.872 bits per heavy atom. The van der Waals surface area contributed by atoms with Crippen molar-refractivity contribution in [2.24, 2.45) is 0 Å². The fourth-order valence-corrected chi connectivity index (χ4v) is 6.29. The van der Waals surface area contributed by atoms with Crippen LogP contribution in [-0.2, 0) is 22.8 Å². The number of nitrogens with one attached hydrogen (secondary N) is 1. The van der Waals surface area contributed by atoms with Crippen LogP contribution in [0.1, 0.15) is 22.3 Å². The lowest BCUT2D eigenvalue weighted by atomic mass is 10.0. The Bertz CT molecular complexity index is 2040.